The molecule has 2 saturated heterocycles. The second-order valence-corrected chi connectivity index (χ2v) is 17.9. The van der Waals surface area contributed by atoms with Crippen LogP contribution in [0.4, 0.5) is 0 Å². The monoisotopic (exact) mass is 1010 g/mol. The summed E-state index contributed by atoms with van der Waals surface area (Å²) in [6.45, 7) is 0.321. The highest BCUT2D eigenvalue weighted by Crippen LogP contribution is 2.35. The fraction of sp³-hybridized carbons (Fsp3) is 0.262. The lowest BCUT2D eigenvalue weighted by Crippen LogP contribution is -2.64. The molecule has 75 heavy (non-hydrogen) atoms. The summed E-state index contributed by atoms with van der Waals surface area (Å²) >= 11 is 0. The van der Waals surface area contributed by atoms with E-state index in [1.807, 2.05) is 121 Å². The van der Waals surface area contributed by atoms with Crippen LogP contribution in [0.1, 0.15) is 53.3 Å². The second kappa shape index (κ2) is 26.7. The average molecular weight is 1020 g/mol. The first kappa shape index (κ1) is 52.5. The molecule has 2 aliphatic heterocycles. The second-order valence-electron chi connectivity index (χ2n) is 17.9. The third-order valence-electron chi connectivity index (χ3n) is 12.6. The van der Waals surface area contributed by atoms with Gasteiger partial charge >= 0.3 is 17.9 Å². The maximum absolute atomic E-state index is 14.1. The molecule has 0 saturated carbocycles. The summed E-state index contributed by atoms with van der Waals surface area (Å²) in [4.78, 5) is 41.9. The van der Waals surface area contributed by atoms with E-state index in [1.54, 1.807) is 66.7 Å². The number of esters is 3. The predicted octanol–water partition coefficient (Wildman–Crippen LogP) is 9.09. The van der Waals surface area contributed by atoms with E-state index in [1.165, 1.54) is 24.3 Å². The van der Waals surface area contributed by atoms with Gasteiger partial charge in [-0.2, -0.15) is 0 Å². The van der Waals surface area contributed by atoms with Crippen molar-refractivity contribution in [3.63, 3.8) is 0 Å². The Hall–Kier alpha value is -7.37. The van der Waals surface area contributed by atoms with Gasteiger partial charge in [-0.3, -0.25) is 0 Å². The number of hydrogen-bond donors (Lipinski definition) is 1. The molecule has 386 valence electrons. The van der Waals surface area contributed by atoms with Crippen molar-refractivity contribution < 1.29 is 66.9 Å². The molecule has 0 aromatic heterocycles. The van der Waals surface area contributed by atoms with Gasteiger partial charge < -0.3 is 52.5 Å². The van der Waals surface area contributed by atoms with E-state index in [2.05, 4.69) is 0 Å². The van der Waals surface area contributed by atoms with Crippen molar-refractivity contribution in [1.29, 1.82) is 0 Å². The number of carbonyl (C=O) groups is 3. The molecule has 7 aromatic rings. The van der Waals surface area contributed by atoms with E-state index >= 15 is 0 Å². The van der Waals surface area contributed by atoms with Crippen LogP contribution in [0.25, 0.3) is 0 Å². The molecule has 6 unspecified atom stereocenters. The highest BCUT2D eigenvalue weighted by Gasteiger charge is 2.54. The van der Waals surface area contributed by atoms with Crippen LogP contribution in [-0.2, 0) is 73.8 Å². The highest BCUT2D eigenvalue weighted by atomic mass is 16.7. The van der Waals surface area contributed by atoms with E-state index in [0.717, 1.165) is 22.3 Å². The number of ether oxygens (including phenoxy) is 10. The number of carbonyl (C=O) groups excluding carboxylic acids is 3. The Bertz CT molecular complexity index is 2810. The van der Waals surface area contributed by atoms with Crippen LogP contribution in [0, 0.1) is 0 Å². The largest absolute Gasteiger partial charge is 0.452 e. The van der Waals surface area contributed by atoms with Crippen molar-refractivity contribution in [2.24, 2.45) is 0 Å². The van der Waals surface area contributed by atoms with Crippen molar-refractivity contribution in [3.05, 3.63) is 251 Å². The molecule has 10 atom stereocenters. The first-order valence-electron chi connectivity index (χ1n) is 24.8. The van der Waals surface area contributed by atoms with Gasteiger partial charge in [0.15, 0.2) is 30.9 Å². The number of rotatable bonds is 22. The van der Waals surface area contributed by atoms with Crippen LogP contribution in [0.5, 0.6) is 0 Å². The molecule has 2 fully saturated rings. The van der Waals surface area contributed by atoms with Crippen molar-refractivity contribution in [1.82, 2.24) is 0 Å². The summed E-state index contributed by atoms with van der Waals surface area (Å²) < 4.78 is 65.2. The molecule has 2 heterocycles. The fourth-order valence-electron chi connectivity index (χ4n) is 8.80. The maximum Gasteiger partial charge on any atom is 0.338 e. The van der Waals surface area contributed by atoms with Gasteiger partial charge in [0.25, 0.3) is 0 Å². The standard InChI is InChI=1S/C61H58O14/c62-57(46-30-16-5-17-31-46)73-52-50(71-60(65)55(75-59(64)48-34-20-7-21-35-48)54(52)74-58(63)47-32-18-6-19-33-47)41-70-61-56(69-39-45-28-14-4-15-29-45)53(68-38-44-26-12-3-13-27-44)51(67-37-43-24-10-2-11-25-43)49(72-61)40-66-36-42-22-8-1-9-23-42/h1-35,49-56,60-61,65H,36-41H2/t49?,50?,51-,52+,53?,54?,55?,56?,60-,61-/m0/s1. The zero-order chi connectivity index (χ0) is 51.6. The summed E-state index contributed by atoms with van der Waals surface area (Å²) in [5, 5.41) is 11.9. The summed E-state index contributed by atoms with van der Waals surface area (Å²) in [6.07, 6.45) is -13.0. The van der Waals surface area contributed by atoms with Gasteiger partial charge in [0.1, 0.15) is 30.5 Å². The lowest BCUT2D eigenvalue weighted by molar-refractivity contribution is -0.342. The van der Waals surface area contributed by atoms with Gasteiger partial charge in [-0.15, -0.1) is 0 Å². The van der Waals surface area contributed by atoms with E-state index in [0.29, 0.717) is 0 Å². The highest BCUT2D eigenvalue weighted by molar-refractivity contribution is 5.91. The van der Waals surface area contributed by atoms with Crippen LogP contribution in [0.3, 0.4) is 0 Å². The lowest BCUT2D eigenvalue weighted by Gasteiger charge is -2.47. The van der Waals surface area contributed by atoms with Gasteiger partial charge in [0, 0.05) is 0 Å². The molecule has 0 amide bonds. The Kier molecular flexibility index (Phi) is 18.7. The van der Waals surface area contributed by atoms with Crippen molar-refractivity contribution in [2.45, 2.75) is 87.8 Å². The minimum absolute atomic E-state index is 0.0345. The molecule has 0 radical (unpaired) electrons. The van der Waals surface area contributed by atoms with E-state index in [-0.39, 0.29) is 49.7 Å². The molecule has 14 nitrogen and oxygen atoms in total. The van der Waals surface area contributed by atoms with E-state index in [4.69, 9.17) is 47.4 Å². The van der Waals surface area contributed by atoms with E-state index < -0.39 is 85.9 Å². The first-order chi connectivity index (χ1) is 36.9. The Morgan fingerprint density at radius 3 is 1.13 bits per heavy atom. The third-order valence-corrected chi connectivity index (χ3v) is 12.6. The quantitative estimate of drug-likeness (QED) is 0.0505. The Labute approximate surface area is 435 Å². The zero-order valence-corrected chi connectivity index (χ0v) is 41.0. The van der Waals surface area contributed by atoms with Crippen LogP contribution in [0.2, 0.25) is 0 Å². The lowest BCUT2D eigenvalue weighted by atomic mass is 9.96. The van der Waals surface area contributed by atoms with Crippen molar-refractivity contribution in [2.75, 3.05) is 13.2 Å². The smallest absolute Gasteiger partial charge is 0.338 e. The molecular weight excluding hydrogens is 957 g/mol. The Balaban J connectivity index is 1.07. The van der Waals surface area contributed by atoms with Gasteiger partial charge in [-0.1, -0.05) is 176 Å². The topological polar surface area (TPSA) is 164 Å². The van der Waals surface area contributed by atoms with Crippen molar-refractivity contribution >= 4 is 17.9 Å². The molecule has 1 N–H and O–H groups in total. The molecule has 2 aliphatic rings. The van der Waals surface area contributed by atoms with Gasteiger partial charge in [0.2, 0.25) is 0 Å². The first-order valence-corrected chi connectivity index (χ1v) is 24.8. The molecule has 0 spiro atoms. The summed E-state index contributed by atoms with van der Waals surface area (Å²) in [5.41, 5.74) is 4.08. The molecule has 0 aliphatic carbocycles. The number of aliphatic hydroxyl groups excluding tert-OH is 1. The third kappa shape index (κ3) is 14.5. The summed E-state index contributed by atoms with van der Waals surface area (Å²) in [6, 6.07) is 63.2. The molecule has 7 aromatic carbocycles. The molecule has 14 heteroatoms. The Morgan fingerprint density at radius 1 is 0.347 bits per heavy atom. The maximum atomic E-state index is 14.1. The normalized spacial score (nSPS) is 23.4. The van der Waals surface area contributed by atoms with Crippen molar-refractivity contribution in [3.8, 4) is 0 Å². The number of benzene rings is 7. The minimum atomic E-state index is -1.93. The number of hydrogen-bond acceptors (Lipinski definition) is 14. The minimum Gasteiger partial charge on any atom is -0.452 e. The predicted molar refractivity (Wildman–Crippen MR) is 274 cm³/mol. The van der Waals surface area contributed by atoms with Crippen LogP contribution >= 0.6 is 0 Å². The average Bonchev–Trinajstić information content (AvgIpc) is 3.46. The van der Waals surface area contributed by atoms with Gasteiger partial charge in [0.05, 0.1) is 56.3 Å². The molecule has 0 bridgehead atoms. The molecule has 9 rings (SSSR count). The summed E-state index contributed by atoms with van der Waals surface area (Å²) in [5.74, 6) is -2.52. The SMILES string of the molecule is O=C(OC1C(OC(=O)c2ccccc2)[C@@H](O)OC(CO[C@H]2OC(COCc3ccccc3)[C@H](OCc3ccccc3)C(OCc3ccccc3)C2OCc2ccccc2)[C@H]1OC(=O)c1ccccc1)c1ccccc1. The zero-order valence-electron chi connectivity index (χ0n) is 41.0. The van der Waals surface area contributed by atoms with E-state index in [9.17, 15) is 19.5 Å². The fourth-order valence-corrected chi connectivity index (χ4v) is 8.80. The molecular formula is C61H58O14. The number of aliphatic hydroxyl groups is 1. The van der Waals surface area contributed by atoms with Crippen LogP contribution in [-0.4, -0.2) is 97.6 Å². The van der Waals surface area contributed by atoms with Crippen LogP contribution < -0.4 is 0 Å². The van der Waals surface area contributed by atoms with Gasteiger partial charge in [-0.05, 0) is 58.7 Å². The van der Waals surface area contributed by atoms with Crippen LogP contribution in [0.15, 0.2) is 212 Å². The Morgan fingerprint density at radius 2 is 0.693 bits per heavy atom. The van der Waals surface area contributed by atoms with Gasteiger partial charge in [-0.25, -0.2) is 14.4 Å². The summed E-state index contributed by atoms with van der Waals surface area (Å²) in [7, 11) is 0.